The molecular formula is C18H19NO4. The van der Waals surface area contributed by atoms with E-state index in [4.69, 9.17) is 14.6 Å². The monoisotopic (exact) mass is 313 g/mol. The standard InChI is InChI=1S/C18H19NO4/c20-18(21)13-23-12-11-22-10-9-19-16-7-3-1-5-14(16)15-6-2-4-8-17(15)19/h1-8H,9-13H2,(H,20,21). The van der Waals surface area contributed by atoms with E-state index < -0.39 is 5.97 Å². The Labute approximate surface area is 134 Å². The van der Waals surface area contributed by atoms with Gasteiger partial charge >= 0.3 is 5.97 Å². The van der Waals surface area contributed by atoms with Crippen molar-refractivity contribution in [3.63, 3.8) is 0 Å². The van der Waals surface area contributed by atoms with Gasteiger partial charge in [-0.2, -0.15) is 0 Å². The van der Waals surface area contributed by atoms with Crippen LogP contribution in [0.4, 0.5) is 0 Å². The van der Waals surface area contributed by atoms with E-state index in [9.17, 15) is 4.79 Å². The largest absolute Gasteiger partial charge is 0.480 e. The van der Waals surface area contributed by atoms with Crippen LogP contribution in [0.15, 0.2) is 48.5 Å². The predicted octanol–water partition coefficient (Wildman–Crippen LogP) is 2.91. The molecule has 1 heterocycles. The van der Waals surface area contributed by atoms with Gasteiger partial charge in [0.25, 0.3) is 0 Å². The molecule has 3 rings (SSSR count). The van der Waals surface area contributed by atoms with Crippen molar-refractivity contribution in [3.8, 4) is 0 Å². The highest BCUT2D eigenvalue weighted by Gasteiger charge is 2.08. The minimum atomic E-state index is -0.963. The van der Waals surface area contributed by atoms with Crippen molar-refractivity contribution < 1.29 is 19.4 Å². The van der Waals surface area contributed by atoms with Crippen molar-refractivity contribution in [2.45, 2.75) is 6.54 Å². The fourth-order valence-electron chi connectivity index (χ4n) is 2.78. The third-order valence-electron chi connectivity index (χ3n) is 3.74. The number of hydrogen-bond acceptors (Lipinski definition) is 3. The molecule has 0 aliphatic heterocycles. The number of ether oxygens (including phenoxy) is 2. The average Bonchev–Trinajstić information content (AvgIpc) is 2.88. The molecule has 0 aliphatic rings. The summed E-state index contributed by atoms with van der Waals surface area (Å²) in [6.07, 6.45) is 0. The molecule has 2 aromatic carbocycles. The van der Waals surface area contributed by atoms with E-state index in [1.54, 1.807) is 0 Å². The molecule has 0 atom stereocenters. The Morgan fingerprint density at radius 1 is 0.870 bits per heavy atom. The highest BCUT2D eigenvalue weighted by Crippen LogP contribution is 2.28. The Morgan fingerprint density at radius 3 is 2.04 bits per heavy atom. The van der Waals surface area contributed by atoms with Crippen LogP contribution in [0.2, 0.25) is 0 Å². The zero-order valence-corrected chi connectivity index (χ0v) is 12.8. The van der Waals surface area contributed by atoms with Crippen LogP contribution in [0.3, 0.4) is 0 Å². The lowest BCUT2D eigenvalue weighted by Gasteiger charge is -2.08. The van der Waals surface area contributed by atoms with Crippen LogP contribution in [0.5, 0.6) is 0 Å². The Morgan fingerprint density at radius 2 is 1.43 bits per heavy atom. The second-order valence-corrected chi connectivity index (χ2v) is 5.24. The highest BCUT2D eigenvalue weighted by molar-refractivity contribution is 6.07. The number of fused-ring (bicyclic) bond motifs is 3. The molecule has 0 saturated heterocycles. The van der Waals surface area contributed by atoms with Gasteiger partial charge in [-0.3, -0.25) is 0 Å². The van der Waals surface area contributed by atoms with Crippen LogP contribution in [0.25, 0.3) is 21.8 Å². The zero-order chi connectivity index (χ0) is 16.1. The molecule has 1 N–H and O–H groups in total. The first-order chi connectivity index (χ1) is 11.3. The Bertz CT molecular complexity index is 756. The molecule has 5 heteroatoms. The van der Waals surface area contributed by atoms with E-state index in [2.05, 4.69) is 41.0 Å². The number of benzene rings is 2. The van der Waals surface area contributed by atoms with Gasteiger partial charge in [0.2, 0.25) is 0 Å². The maximum Gasteiger partial charge on any atom is 0.329 e. The summed E-state index contributed by atoms with van der Waals surface area (Å²) in [4.78, 5) is 10.3. The molecule has 0 fully saturated rings. The molecule has 5 nitrogen and oxygen atoms in total. The van der Waals surface area contributed by atoms with Gasteiger partial charge < -0.3 is 19.1 Å². The number of carboxylic acid groups (broad SMARTS) is 1. The zero-order valence-electron chi connectivity index (χ0n) is 12.8. The average molecular weight is 313 g/mol. The molecule has 0 amide bonds. The number of para-hydroxylation sites is 2. The minimum absolute atomic E-state index is 0.282. The van der Waals surface area contributed by atoms with E-state index >= 15 is 0 Å². The lowest BCUT2D eigenvalue weighted by molar-refractivity contribution is -0.142. The Balaban J connectivity index is 1.64. The summed E-state index contributed by atoms with van der Waals surface area (Å²) in [7, 11) is 0. The minimum Gasteiger partial charge on any atom is -0.480 e. The number of carbonyl (C=O) groups is 1. The Hall–Kier alpha value is -2.37. The normalized spacial score (nSPS) is 11.3. The molecular weight excluding hydrogens is 294 g/mol. The number of carboxylic acids is 1. The van der Waals surface area contributed by atoms with Crippen LogP contribution in [-0.4, -0.2) is 42.1 Å². The SMILES string of the molecule is O=C(O)COCCOCCn1c2ccccc2c2ccccc21. The summed E-state index contributed by atoms with van der Waals surface area (Å²) in [5.74, 6) is -0.963. The molecule has 120 valence electrons. The first kappa shape index (κ1) is 15.5. The third-order valence-corrected chi connectivity index (χ3v) is 3.74. The summed E-state index contributed by atoms with van der Waals surface area (Å²) < 4.78 is 12.7. The van der Waals surface area contributed by atoms with Gasteiger partial charge in [-0.05, 0) is 12.1 Å². The second kappa shape index (κ2) is 7.26. The van der Waals surface area contributed by atoms with Crippen molar-refractivity contribution in [3.05, 3.63) is 48.5 Å². The van der Waals surface area contributed by atoms with E-state index in [0.717, 1.165) is 6.54 Å². The summed E-state index contributed by atoms with van der Waals surface area (Å²) in [6, 6.07) is 16.7. The Kier molecular flexibility index (Phi) is 4.90. The molecule has 0 saturated carbocycles. The molecule has 0 spiro atoms. The van der Waals surface area contributed by atoms with Crippen LogP contribution in [-0.2, 0) is 20.8 Å². The van der Waals surface area contributed by atoms with Gasteiger partial charge in [0.15, 0.2) is 0 Å². The maximum absolute atomic E-state index is 10.3. The number of hydrogen-bond donors (Lipinski definition) is 1. The first-order valence-electron chi connectivity index (χ1n) is 7.60. The summed E-state index contributed by atoms with van der Waals surface area (Å²) >= 11 is 0. The van der Waals surface area contributed by atoms with Crippen LogP contribution < -0.4 is 0 Å². The van der Waals surface area contributed by atoms with Gasteiger partial charge in [-0.25, -0.2) is 4.79 Å². The highest BCUT2D eigenvalue weighted by atomic mass is 16.5. The number of rotatable bonds is 8. The van der Waals surface area contributed by atoms with Crippen molar-refractivity contribution in [1.82, 2.24) is 4.57 Å². The fourth-order valence-corrected chi connectivity index (χ4v) is 2.78. The lowest BCUT2D eigenvalue weighted by atomic mass is 10.2. The van der Waals surface area contributed by atoms with Crippen molar-refractivity contribution in [1.29, 1.82) is 0 Å². The van der Waals surface area contributed by atoms with Gasteiger partial charge in [-0.15, -0.1) is 0 Å². The van der Waals surface area contributed by atoms with Gasteiger partial charge in [0, 0.05) is 28.4 Å². The second-order valence-electron chi connectivity index (χ2n) is 5.24. The molecule has 0 aliphatic carbocycles. The number of nitrogens with zero attached hydrogens (tertiary/aromatic N) is 1. The van der Waals surface area contributed by atoms with Crippen molar-refractivity contribution in [2.24, 2.45) is 0 Å². The third kappa shape index (κ3) is 3.52. The fraction of sp³-hybridized carbons (Fsp3) is 0.278. The predicted molar refractivity (Wildman–Crippen MR) is 88.7 cm³/mol. The number of aliphatic carboxylic acids is 1. The first-order valence-corrected chi connectivity index (χ1v) is 7.60. The van der Waals surface area contributed by atoms with Crippen LogP contribution in [0, 0.1) is 0 Å². The van der Waals surface area contributed by atoms with Gasteiger partial charge in [0.1, 0.15) is 6.61 Å². The van der Waals surface area contributed by atoms with Crippen molar-refractivity contribution in [2.75, 3.05) is 26.4 Å². The van der Waals surface area contributed by atoms with Gasteiger partial charge in [0.05, 0.1) is 19.8 Å². The topological polar surface area (TPSA) is 60.7 Å². The van der Waals surface area contributed by atoms with Crippen molar-refractivity contribution >= 4 is 27.8 Å². The van der Waals surface area contributed by atoms with E-state index in [1.165, 1.54) is 21.8 Å². The van der Waals surface area contributed by atoms with E-state index in [1.807, 2.05) is 12.1 Å². The molecule has 0 unspecified atom stereocenters. The van der Waals surface area contributed by atoms with E-state index in [0.29, 0.717) is 19.8 Å². The smallest absolute Gasteiger partial charge is 0.329 e. The molecule has 0 bridgehead atoms. The molecule has 1 aromatic heterocycles. The van der Waals surface area contributed by atoms with Crippen LogP contribution >= 0.6 is 0 Å². The van der Waals surface area contributed by atoms with E-state index in [-0.39, 0.29) is 6.61 Å². The van der Waals surface area contributed by atoms with Gasteiger partial charge in [-0.1, -0.05) is 36.4 Å². The van der Waals surface area contributed by atoms with Crippen LogP contribution in [0.1, 0.15) is 0 Å². The number of aromatic nitrogens is 1. The summed E-state index contributed by atoms with van der Waals surface area (Å²) in [5, 5.41) is 11.0. The lowest BCUT2D eigenvalue weighted by Crippen LogP contribution is -2.13. The summed E-state index contributed by atoms with van der Waals surface area (Å²) in [5.41, 5.74) is 2.39. The molecule has 0 radical (unpaired) electrons. The summed E-state index contributed by atoms with van der Waals surface area (Å²) in [6.45, 7) is 1.70. The molecule has 23 heavy (non-hydrogen) atoms. The quantitative estimate of drug-likeness (QED) is 0.650. The molecule has 3 aromatic rings. The maximum atomic E-state index is 10.3.